The van der Waals surface area contributed by atoms with Gasteiger partial charge in [0.25, 0.3) is 0 Å². The molecule has 2 rings (SSSR count). The Labute approximate surface area is 130 Å². The molecular formula is C16H14F3NO3. The molecule has 0 heterocycles. The maximum absolute atomic E-state index is 12.2. The second kappa shape index (κ2) is 7.04. The Bertz CT molecular complexity index is 659. The number of rotatable bonds is 6. The Balaban J connectivity index is 2.07. The molecule has 1 atom stereocenters. The molecule has 0 saturated carbocycles. The van der Waals surface area contributed by atoms with Gasteiger partial charge in [-0.15, -0.1) is 13.2 Å². The predicted molar refractivity (Wildman–Crippen MR) is 78.4 cm³/mol. The lowest BCUT2D eigenvalue weighted by molar-refractivity contribution is -0.274. The zero-order chi connectivity index (χ0) is 16.9. The number of hydrogen-bond acceptors (Lipinski definition) is 3. The molecule has 0 saturated heterocycles. The summed E-state index contributed by atoms with van der Waals surface area (Å²) in [5.41, 5.74) is 0.948. The minimum atomic E-state index is -4.77. The van der Waals surface area contributed by atoms with Gasteiger partial charge in [-0.25, -0.2) is 0 Å². The van der Waals surface area contributed by atoms with Crippen LogP contribution in [0.15, 0.2) is 54.6 Å². The van der Waals surface area contributed by atoms with Crippen LogP contribution in [0.3, 0.4) is 0 Å². The molecule has 122 valence electrons. The fourth-order valence-electron chi connectivity index (χ4n) is 2.06. The van der Waals surface area contributed by atoms with Crippen molar-refractivity contribution in [1.82, 2.24) is 0 Å². The van der Waals surface area contributed by atoms with Gasteiger partial charge in [0.2, 0.25) is 0 Å². The molecule has 2 aromatic rings. The van der Waals surface area contributed by atoms with Crippen LogP contribution in [0.1, 0.15) is 11.5 Å². The molecule has 0 aliphatic rings. The first-order valence-corrected chi connectivity index (χ1v) is 6.72. The Morgan fingerprint density at radius 2 is 1.83 bits per heavy atom. The summed E-state index contributed by atoms with van der Waals surface area (Å²) < 4.78 is 40.4. The summed E-state index contributed by atoms with van der Waals surface area (Å²) >= 11 is 0. The van der Waals surface area contributed by atoms with Crippen molar-refractivity contribution in [3.8, 4) is 5.75 Å². The molecular weight excluding hydrogens is 311 g/mol. The number of anilines is 1. The molecule has 4 nitrogen and oxygen atoms in total. The molecule has 0 radical (unpaired) electrons. The van der Waals surface area contributed by atoms with Crippen LogP contribution in [0.4, 0.5) is 18.9 Å². The largest absolute Gasteiger partial charge is 0.573 e. The van der Waals surface area contributed by atoms with Crippen LogP contribution in [0.25, 0.3) is 0 Å². The molecule has 0 aromatic heterocycles. The van der Waals surface area contributed by atoms with Crippen LogP contribution < -0.4 is 10.1 Å². The molecule has 0 amide bonds. The van der Waals surface area contributed by atoms with Crippen molar-refractivity contribution in [2.24, 2.45) is 0 Å². The second-order valence-corrected chi connectivity index (χ2v) is 4.76. The predicted octanol–water partition coefficient (Wildman–Crippen LogP) is 3.87. The van der Waals surface area contributed by atoms with Gasteiger partial charge in [0.05, 0.1) is 5.92 Å². The minimum Gasteiger partial charge on any atom is -0.481 e. The number of ether oxygens (including phenoxy) is 1. The third kappa shape index (κ3) is 5.21. The van der Waals surface area contributed by atoms with Crippen molar-refractivity contribution in [2.75, 3.05) is 11.9 Å². The highest BCUT2D eigenvalue weighted by Crippen LogP contribution is 2.25. The Morgan fingerprint density at radius 1 is 1.13 bits per heavy atom. The lowest BCUT2D eigenvalue weighted by Crippen LogP contribution is -2.21. The third-order valence-corrected chi connectivity index (χ3v) is 3.08. The Morgan fingerprint density at radius 3 is 2.43 bits per heavy atom. The number of carboxylic acid groups (broad SMARTS) is 1. The summed E-state index contributed by atoms with van der Waals surface area (Å²) in [7, 11) is 0. The average molecular weight is 325 g/mol. The standard InChI is InChI=1S/C16H14F3NO3/c17-16(18,19)23-13-8-4-7-12(9-13)20-10-14(15(21)22)11-5-2-1-3-6-11/h1-9,14,20H,10H2,(H,21,22)/t14-/m1/s1. The topological polar surface area (TPSA) is 58.6 Å². The van der Waals surface area contributed by atoms with Gasteiger partial charge >= 0.3 is 12.3 Å². The van der Waals surface area contributed by atoms with Crippen LogP contribution in [-0.4, -0.2) is 24.0 Å². The Hall–Kier alpha value is -2.70. The number of nitrogens with one attached hydrogen (secondary N) is 1. The summed E-state index contributed by atoms with van der Waals surface area (Å²) in [6.45, 7) is 0.0365. The molecule has 0 aliphatic heterocycles. The van der Waals surface area contributed by atoms with Crippen molar-refractivity contribution in [3.05, 3.63) is 60.2 Å². The van der Waals surface area contributed by atoms with Gasteiger partial charge < -0.3 is 15.2 Å². The van der Waals surface area contributed by atoms with E-state index in [-0.39, 0.29) is 12.3 Å². The van der Waals surface area contributed by atoms with Gasteiger partial charge in [-0.1, -0.05) is 36.4 Å². The SMILES string of the molecule is O=C(O)[C@H](CNc1cccc(OC(F)(F)F)c1)c1ccccc1. The zero-order valence-electron chi connectivity index (χ0n) is 11.9. The van der Waals surface area contributed by atoms with Crippen molar-refractivity contribution in [1.29, 1.82) is 0 Å². The summed E-state index contributed by atoms with van der Waals surface area (Å²) in [6.07, 6.45) is -4.77. The zero-order valence-corrected chi connectivity index (χ0v) is 11.9. The van der Waals surface area contributed by atoms with E-state index < -0.39 is 18.2 Å². The second-order valence-electron chi connectivity index (χ2n) is 4.76. The van der Waals surface area contributed by atoms with Gasteiger partial charge in [-0.3, -0.25) is 4.79 Å². The first-order chi connectivity index (χ1) is 10.8. The van der Waals surface area contributed by atoms with Crippen LogP contribution >= 0.6 is 0 Å². The highest BCUT2D eigenvalue weighted by molar-refractivity contribution is 5.77. The maximum atomic E-state index is 12.2. The number of aliphatic carboxylic acids is 1. The van der Waals surface area contributed by atoms with Gasteiger partial charge in [0, 0.05) is 18.3 Å². The van der Waals surface area contributed by atoms with Gasteiger partial charge in [0.15, 0.2) is 0 Å². The molecule has 0 unspecified atom stereocenters. The fraction of sp³-hybridized carbons (Fsp3) is 0.188. The minimum absolute atomic E-state index is 0.0365. The van der Waals surface area contributed by atoms with E-state index in [9.17, 15) is 23.1 Å². The molecule has 23 heavy (non-hydrogen) atoms. The lowest BCUT2D eigenvalue weighted by atomic mass is 9.99. The summed E-state index contributed by atoms with van der Waals surface area (Å²) in [6, 6.07) is 13.9. The Kier molecular flexibility index (Phi) is 5.10. The van der Waals surface area contributed by atoms with E-state index in [1.165, 1.54) is 18.2 Å². The van der Waals surface area contributed by atoms with E-state index >= 15 is 0 Å². The number of benzene rings is 2. The monoisotopic (exact) mass is 325 g/mol. The molecule has 7 heteroatoms. The molecule has 0 fully saturated rings. The average Bonchev–Trinajstić information content (AvgIpc) is 2.47. The third-order valence-electron chi connectivity index (χ3n) is 3.08. The van der Waals surface area contributed by atoms with E-state index in [0.29, 0.717) is 11.3 Å². The number of alkyl halides is 3. The first-order valence-electron chi connectivity index (χ1n) is 6.72. The summed E-state index contributed by atoms with van der Waals surface area (Å²) in [5.74, 6) is -2.20. The maximum Gasteiger partial charge on any atom is 0.573 e. The van der Waals surface area contributed by atoms with E-state index in [0.717, 1.165) is 6.07 Å². The van der Waals surface area contributed by atoms with Gasteiger partial charge in [-0.05, 0) is 17.7 Å². The van der Waals surface area contributed by atoms with Crippen molar-refractivity contribution in [3.63, 3.8) is 0 Å². The molecule has 0 bridgehead atoms. The normalized spacial score (nSPS) is 12.5. The van der Waals surface area contributed by atoms with Crippen LogP contribution in [0.5, 0.6) is 5.75 Å². The smallest absolute Gasteiger partial charge is 0.481 e. The van der Waals surface area contributed by atoms with Crippen LogP contribution in [0, 0.1) is 0 Å². The highest BCUT2D eigenvalue weighted by Gasteiger charge is 2.31. The van der Waals surface area contributed by atoms with E-state index in [2.05, 4.69) is 10.1 Å². The molecule has 0 aliphatic carbocycles. The highest BCUT2D eigenvalue weighted by atomic mass is 19.4. The first kappa shape index (κ1) is 16.7. The fourth-order valence-corrected chi connectivity index (χ4v) is 2.06. The van der Waals surface area contributed by atoms with E-state index in [1.54, 1.807) is 30.3 Å². The van der Waals surface area contributed by atoms with Gasteiger partial charge in [-0.2, -0.15) is 0 Å². The van der Waals surface area contributed by atoms with E-state index in [4.69, 9.17) is 0 Å². The van der Waals surface area contributed by atoms with Gasteiger partial charge in [0.1, 0.15) is 5.75 Å². The molecule has 0 spiro atoms. The van der Waals surface area contributed by atoms with Crippen molar-refractivity contribution < 1.29 is 27.8 Å². The number of carbonyl (C=O) groups is 1. The number of carboxylic acids is 1. The van der Waals surface area contributed by atoms with Crippen molar-refractivity contribution in [2.45, 2.75) is 12.3 Å². The molecule has 2 aromatic carbocycles. The summed E-state index contributed by atoms with van der Waals surface area (Å²) in [5, 5.41) is 12.1. The summed E-state index contributed by atoms with van der Waals surface area (Å²) in [4.78, 5) is 11.4. The van der Waals surface area contributed by atoms with Crippen LogP contribution in [0.2, 0.25) is 0 Å². The number of halogens is 3. The lowest BCUT2D eigenvalue weighted by Gasteiger charge is -2.15. The quantitative estimate of drug-likeness (QED) is 0.846. The van der Waals surface area contributed by atoms with E-state index in [1.807, 2.05) is 0 Å². The molecule has 2 N–H and O–H groups in total. The number of hydrogen-bond donors (Lipinski definition) is 2. The van der Waals surface area contributed by atoms with Crippen LogP contribution in [-0.2, 0) is 4.79 Å². The van der Waals surface area contributed by atoms with Crippen molar-refractivity contribution >= 4 is 11.7 Å².